The number of halogens is 1. The van der Waals surface area contributed by atoms with Gasteiger partial charge in [0.15, 0.2) is 0 Å². The molecular weight excluding hydrogens is 400 g/mol. The van der Waals surface area contributed by atoms with E-state index >= 15 is 0 Å². The lowest BCUT2D eigenvalue weighted by Gasteiger charge is -2.21. The summed E-state index contributed by atoms with van der Waals surface area (Å²) in [4.78, 5) is 19.0. The number of carbonyl (C=O) groups excluding carboxylic acids is 1. The molecule has 0 atom stereocenters. The number of carbonyl (C=O) groups is 1. The van der Waals surface area contributed by atoms with Gasteiger partial charge in [-0.05, 0) is 61.4 Å². The number of rotatable bonds is 5. The highest BCUT2D eigenvalue weighted by molar-refractivity contribution is 9.10. The summed E-state index contributed by atoms with van der Waals surface area (Å²) in [7, 11) is 0. The predicted molar refractivity (Wildman–Crippen MR) is 115 cm³/mol. The molecule has 0 aliphatic heterocycles. The molecule has 0 bridgehead atoms. The Hall–Kier alpha value is -2.72. The largest absolute Gasteiger partial charge is 0.269 e. The van der Waals surface area contributed by atoms with Gasteiger partial charge in [-0.25, -0.2) is 4.98 Å². The van der Waals surface area contributed by atoms with Crippen LogP contribution in [0, 0.1) is 6.92 Å². The summed E-state index contributed by atoms with van der Waals surface area (Å²) in [5.74, 6) is 0.480. The van der Waals surface area contributed by atoms with Crippen molar-refractivity contribution in [2.24, 2.45) is 0 Å². The number of pyridine rings is 1. The maximum Gasteiger partial charge on any atom is 0.256 e. The monoisotopic (exact) mass is 420 g/mol. The first kappa shape index (κ1) is 19.1. The zero-order chi connectivity index (χ0) is 19.2. The van der Waals surface area contributed by atoms with E-state index in [2.05, 4.69) is 52.1 Å². The van der Waals surface area contributed by atoms with Gasteiger partial charge in [0, 0.05) is 16.2 Å². The van der Waals surface area contributed by atoms with E-state index in [1.807, 2.05) is 55.6 Å². The van der Waals surface area contributed by atoms with Gasteiger partial charge < -0.3 is 0 Å². The smallest absolute Gasteiger partial charge is 0.256 e. The summed E-state index contributed by atoms with van der Waals surface area (Å²) in [6.07, 6.45) is 6.06. The van der Waals surface area contributed by atoms with Gasteiger partial charge in [-0.3, -0.25) is 9.69 Å². The molecule has 3 aromatic rings. The number of benzene rings is 2. The van der Waals surface area contributed by atoms with Crippen molar-refractivity contribution in [2.45, 2.75) is 20.3 Å². The molecule has 0 aliphatic carbocycles. The summed E-state index contributed by atoms with van der Waals surface area (Å²) in [5, 5.41) is 0. The summed E-state index contributed by atoms with van der Waals surface area (Å²) in [6.45, 7) is 4.07. The van der Waals surface area contributed by atoms with Gasteiger partial charge >= 0.3 is 0 Å². The highest BCUT2D eigenvalue weighted by atomic mass is 79.9. The molecule has 0 saturated heterocycles. The zero-order valence-corrected chi connectivity index (χ0v) is 17.0. The van der Waals surface area contributed by atoms with Gasteiger partial charge in [0.2, 0.25) is 0 Å². The van der Waals surface area contributed by atoms with Crippen LogP contribution in [0.4, 0.5) is 11.5 Å². The van der Waals surface area contributed by atoms with E-state index in [4.69, 9.17) is 0 Å². The zero-order valence-electron chi connectivity index (χ0n) is 15.4. The summed E-state index contributed by atoms with van der Waals surface area (Å²) < 4.78 is 0.963. The third-order valence-corrected chi connectivity index (χ3v) is 4.69. The second-order valence-electron chi connectivity index (χ2n) is 6.23. The van der Waals surface area contributed by atoms with Crippen LogP contribution in [-0.2, 0) is 4.79 Å². The predicted octanol–water partition coefficient (Wildman–Crippen LogP) is 6.45. The highest BCUT2D eigenvalue weighted by Crippen LogP contribution is 2.28. The molecule has 1 aromatic heterocycles. The van der Waals surface area contributed by atoms with Gasteiger partial charge in [-0.2, -0.15) is 0 Å². The first-order valence-electron chi connectivity index (χ1n) is 8.88. The van der Waals surface area contributed by atoms with E-state index in [0.29, 0.717) is 5.82 Å². The Morgan fingerprint density at radius 2 is 1.67 bits per heavy atom. The van der Waals surface area contributed by atoms with Crippen LogP contribution in [0.1, 0.15) is 18.9 Å². The standard InChI is InChI=1S/C23H21BrN2O/c1-3-4-5-23(27)26(21-13-11-20(24)12-14-21)22-15-10-19(16-25-22)18-8-6-17(2)7-9-18/h4-16H,3H2,1-2H3/b5-4+. The molecule has 2 aromatic carbocycles. The Bertz CT molecular complexity index is 930. The molecule has 0 saturated carbocycles. The van der Waals surface area contributed by atoms with E-state index in [9.17, 15) is 4.79 Å². The number of allylic oxidation sites excluding steroid dienone is 1. The average Bonchev–Trinajstić information content (AvgIpc) is 2.69. The lowest BCUT2D eigenvalue weighted by atomic mass is 10.1. The minimum Gasteiger partial charge on any atom is -0.269 e. The van der Waals surface area contributed by atoms with Crippen LogP contribution in [0.2, 0.25) is 0 Å². The SMILES string of the molecule is CC/C=C/C(=O)N(c1ccc(Br)cc1)c1ccc(-c2ccc(C)cc2)cn1. The summed E-state index contributed by atoms with van der Waals surface area (Å²) in [5.41, 5.74) is 4.12. The minimum atomic E-state index is -0.116. The van der Waals surface area contributed by atoms with Crippen molar-refractivity contribution in [1.82, 2.24) is 4.98 Å². The van der Waals surface area contributed by atoms with Crippen LogP contribution in [-0.4, -0.2) is 10.9 Å². The van der Waals surface area contributed by atoms with Crippen molar-refractivity contribution < 1.29 is 4.79 Å². The van der Waals surface area contributed by atoms with Crippen molar-refractivity contribution in [2.75, 3.05) is 4.90 Å². The number of anilines is 2. The van der Waals surface area contributed by atoms with Crippen molar-refractivity contribution >= 4 is 33.3 Å². The van der Waals surface area contributed by atoms with Gasteiger partial charge in [-0.1, -0.05) is 58.8 Å². The van der Waals surface area contributed by atoms with Gasteiger partial charge in [-0.15, -0.1) is 0 Å². The Balaban J connectivity index is 1.96. The maximum absolute atomic E-state index is 12.8. The molecule has 136 valence electrons. The molecular formula is C23H21BrN2O. The van der Waals surface area contributed by atoms with E-state index in [0.717, 1.165) is 27.7 Å². The first-order valence-corrected chi connectivity index (χ1v) is 9.67. The third-order valence-electron chi connectivity index (χ3n) is 4.16. The molecule has 0 spiro atoms. The van der Waals surface area contributed by atoms with Crippen LogP contribution in [0.3, 0.4) is 0 Å². The number of amides is 1. The molecule has 0 N–H and O–H groups in total. The van der Waals surface area contributed by atoms with Crippen LogP contribution >= 0.6 is 15.9 Å². The topological polar surface area (TPSA) is 33.2 Å². The van der Waals surface area contributed by atoms with Crippen LogP contribution in [0.15, 0.2) is 83.5 Å². The van der Waals surface area contributed by atoms with Gasteiger partial charge in [0.05, 0.1) is 5.69 Å². The number of hydrogen-bond acceptors (Lipinski definition) is 2. The second kappa shape index (κ2) is 8.78. The molecule has 1 amide bonds. The Labute approximate surface area is 168 Å². The van der Waals surface area contributed by atoms with Crippen LogP contribution < -0.4 is 4.90 Å². The summed E-state index contributed by atoms with van der Waals surface area (Å²) >= 11 is 3.44. The van der Waals surface area contributed by atoms with E-state index in [-0.39, 0.29) is 5.91 Å². The van der Waals surface area contributed by atoms with Crippen molar-refractivity contribution in [3.63, 3.8) is 0 Å². The maximum atomic E-state index is 12.8. The first-order chi connectivity index (χ1) is 13.1. The molecule has 0 radical (unpaired) electrons. The van der Waals surface area contributed by atoms with Crippen LogP contribution in [0.25, 0.3) is 11.1 Å². The molecule has 3 rings (SSSR count). The number of nitrogens with zero attached hydrogens (tertiary/aromatic N) is 2. The molecule has 4 heteroatoms. The van der Waals surface area contributed by atoms with Crippen molar-refractivity contribution in [1.29, 1.82) is 0 Å². The average molecular weight is 421 g/mol. The second-order valence-corrected chi connectivity index (χ2v) is 7.15. The van der Waals surface area contributed by atoms with Gasteiger partial charge in [0.25, 0.3) is 5.91 Å². The Morgan fingerprint density at radius 3 is 2.26 bits per heavy atom. The lowest BCUT2D eigenvalue weighted by molar-refractivity contribution is -0.113. The summed E-state index contributed by atoms with van der Waals surface area (Å²) in [6, 6.07) is 19.8. The Morgan fingerprint density at radius 1 is 1.00 bits per heavy atom. The van der Waals surface area contributed by atoms with E-state index in [1.54, 1.807) is 11.0 Å². The number of aryl methyl sites for hydroxylation is 1. The van der Waals surface area contributed by atoms with E-state index in [1.165, 1.54) is 5.56 Å². The Kier molecular flexibility index (Phi) is 6.20. The number of hydrogen-bond donors (Lipinski definition) is 0. The fourth-order valence-electron chi connectivity index (χ4n) is 2.69. The van der Waals surface area contributed by atoms with Crippen LogP contribution in [0.5, 0.6) is 0 Å². The fraction of sp³-hybridized carbons (Fsp3) is 0.130. The normalized spacial score (nSPS) is 10.9. The molecule has 1 heterocycles. The van der Waals surface area contributed by atoms with E-state index < -0.39 is 0 Å². The molecule has 0 unspecified atom stereocenters. The lowest BCUT2D eigenvalue weighted by Crippen LogP contribution is -2.24. The minimum absolute atomic E-state index is 0.116. The number of aromatic nitrogens is 1. The van der Waals surface area contributed by atoms with Crippen molar-refractivity contribution in [3.8, 4) is 11.1 Å². The molecule has 3 nitrogen and oxygen atoms in total. The molecule has 0 fully saturated rings. The molecule has 27 heavy (non-hydrogen) atoms. The quantitative estimate of drug-likeness (QED) is 0.444. The third kappa shape index (κ3) is 4.72. The highest BCUT2D eigenvalue weighted by Gasteiger charge is 2.17. The fourth-order valence-corrected chi connectivity index (χ4v) is 2.96. The molecule has 0 aliphatic rings. The van der Waals surface area contributed by atoms with Gasteiger partial charge in [0.1, 0.15) is 5.82 Å². The van der Waals surface area contributed by atoms with Crippen molar-refractivity contribution in [3.05, 3.63) is 89.0 Å².